The molecule has 1 aliphatic rings. The molecule has 1 amide bonds. The van der Waals surface area contributed by atoms with Gasteiger partial charge in [0.05, 0.1) is 36.5 Å². The van der Waals surface area contributed by atoms with Crippen LogP contribution in [0.15, 0.2) is 48.9 Å². The van der Waals surface area contributed by atoms with Crippen LogP contribution in [-0.4, -0.2) is 60.1 Å². The third-order valence-electron chi connectivity index (χ3n) is 5.84. The average molecular weight is 473 g/mol. The first-order valence-electron chi connectivity index (χ1n) is 11.3. The summed E-state index contributed by atoms with van der Waals surface area (Å²) < 4.78 is 17.1. The molecule has 0 spiro atoms. The van der Waals surface area contributed by atoms with Crippen molar-refractivity contribution in [3.05, 3.63) is 60.4 Å². The number of nitrogens with one attached hydrogen (secondary N) is 1. The summed E-state index contributed by atoms with van der Waals surface area (Å²) in [4.78, 5) is 23.3. The molecule has 1 aliphatic heterocycles. The van der Waals surface area contributed by atoms with Gasteiger partial charge in [0, 0.05) is 24.2 Å². The lowest BCUT2D eigenvalue weighted by Gasteiger charge is -2.40. The first kappa shape index (κ1) is 22.7. The van der Waals surface area contributed by atoms with Gasteiger partial charge in [-0.3, -0.25) is 9.69 Å². The highest BCUT2D eigenvalue weighted by Crippen LogP contribution is 2.35. The first-order chi connectivity index (χ1) is 16.7. The number of halogens is 1. The van der Waals surface area contributed by atoms with Crippen molar-refractivity contribution < 1.29 is 9.18 Å². The summed E-state index contributed by atoms with van der Waals surface area (Å²) in [6.45, 7) is 7.57. The maximum atomic E-state index is 13.6. The van der Waals surface area contributed by atoms with E-state index in [4.69, 9.17) is 0 Å². The molecule has 4 heterocycles. The molecule has 1 fully saturated rings. The van der Waals surface area contributed by atoms with Crippen LogP contribution in [0.1, 0.15) is 32.5 Å². The fourth-order valence-corrected chi connectivity index (χ4v) is 4.29. The lowest BCUT2D eigenvalue weighted by atomic mass is 10.0. The number of amides is 1. The van der Waals surface area contributed by atoms with Crippen molar-refractivity contribution in [2.75, 3.05) is 19.6 Å². The highest BCUT2D eigenvalue weighted by atomic mass is 19.1. The van der Waals surface area contributed by atoms with Crippen LogP contribution in [0.4, 0.5) is 4.39 Å². The Morgan fingerprint density at radius 1 is 1.17 bits per heavy atom. The number of rotatable bonds is 5. The van der Waals surface area contributed by atoms with Crippen LogP contribution in [0.3, 0.4) is 0 Å². The minimum atomic E-state index is -0.325. The van der Waals surface area contributed by atoms with Crippen molar-refractivity contribution in [3.8, 4) is 28.7 Å². The van der Waals surface area contributed by atoms with Crippen LogP contribution in [0.25, 0.3) is 28.3 Å². The van der Waals surface area contributed by atoms with Gasteiger partial charge in [-0.15, -0.1) is 0 Å². The predicted octanol–water partition coefficient (Wildman–Crippen LogP) is 3.04. The zero-order chi connectivity index (χ0) is 24.7. The third kappa shape index (κ3) is 4.50. The quantitative estimate of drug-likeness (QED) is 0.479. The lowest BCUT2D eigenvalue weighted by molar-refractivity contribution is -0.125. The number of likely N-dealkylation sites (tertiary alicyclic amines) is 1. The summed E-state index contributed by atoms with van der Waals surface area (Å²) in [5, 5.41) is 17.1. The smallest absolute Gasteiger partial charge is 0.234 e. The first-order valence-corrected chi connectivity index (χ1v) is 11.3. The predicted molar refractivity (Wildman–Crippen MR) is 128 cm³/mol. The van der Waals surface area contributed by atoms with E-state index in [1.807, 2.05) is 31.4 Å². The van der Waals surface area contributed by atoms with E-state index in [9.17, 15) is 14.4 Å². The van der Waals surface area contributed by atoms with Crippen LogP contribution in [0, 0.1) is 17.1 Å². The molecular formula is C25H25FN8O. The van der Waals surface area contributed by atoms with Crippen LogP contribution >= 0.6 is 0 Å². The highest BCUT2D eigenvalue weighted by Gasteiger charge is 2.33. The van der Waals surface area contributed by atoms with Crippen molar-refractivity contribution in [2.24, 2.45) is 0 Å². The van der Waals surface area contributed by atoms with Gasteiger partial charge in [-0.05, 0) is 57.2 Å². The molecule has 9 nitrogen and oxygen atoms in total. The van der Waals surface area contributed by atoms with Crippen LogP contribution in [0.5, 0.6) is 0 Å². The molecule has 1 saturated heterocycles. The monoisotopic (exact) mass is 472 g/mol. The average Bonchev–Trinajstić information content (AvgIpc) is 3.39. The van der Waals surface area contributed by atoms with Crippen molar-refractivity contribution in [1.82, 2.24) is 34.4 Å². The van der Waals surface area contributed by atoms with E-state index < -0.39 is 0 Å². The third-order valence-corrected chi connectivity index (χ3v) is 5.84. The molecule has 0 bridgehead atoms. The SMILES string of the molecule is CC(C)(C)NC(=O)CN1CC(n2cnc(-c3ccc(F)cc3)c2-c2ccc3ncc(C#N)n3n2)C1. The number of nitriles is 1. The van der Waals surface area contributed by atoms with E-state index in [0.29, 0.717) is 42.4 Å². The number of benzene rings is 1. The molecule has 0 atom stereocenters. The molecule has 0 aliphatic carbocycles. The summed E-state index contributed by atoms with van der Waals surface area (Å²) >= 11 is 0. The summed E-state index contributed by atoms with van der Waals surface area (Å²) in [7, 11) is 0. The van der Waals surface area contributed by atoms with E-state index in [1.165, 1.54) is 22.8 Å². The topological polar surface area (TPSA) is 104 Å². The second kappa shape index (κ2) is 8.60. The van der Waals surface area contributed by atoms with Crippen LogP contribution in [-0.2, 0) is 4.79 Å². The van der Waals surface area contributed by atoms with Crippen molar-refractivity contribution in [2.45, 2.75) is 32.4 Å². The summed E-state index contributed by atoms with van der Waals surface area (Å²) in [6, 6.07) is 12.0. The van der Waals surface area contributed by atoms with Crippen LogP contribution < -0.4 is 5.32 Å². The fraction of sp³-hybridized carbons (Fsp3) is 0.320. The molecule has 1 N–H and O–H groups in total. The number of nitrogens with zero attached hydrogens (tertiary/aromatic N) is 7. The lowest BCUT2D eigenvalue weighted by Crippen LogP contribution is -2.53. The van der Waals surface area contributed by atoms with Gasteiger partial charge in [0.1, 0.15) is 17.6 Å². The normalized spacial score (nSPS) is 14.6. The highest BCUT2D eigenvalue weighted by molar-refractivity contribution is 5.79. The van der Waals surface area contributed by atoms with Gasteiger partial charge in [0.15, 0.2) is 11.3 Å². The van der Waals surface area contributed by atoms with Gasteiger partial charge in [-0.25, -0.2) is 18.9 Å². The molecule has 0 radical (unpaired) electrons. The summed E-state index contributed by atoms with van der Waals surface area (Å²) in [6.07, 6.45) is 3.24. The summed E-state index contributed by atoms with van der Waals surface area (Å²) in [5.74, 6) is -0.334. The van der Waals surface area contributed by atoms with Crippen molar-refractivity contribution in [1.29, 1.82) is 5.26 Å². The molecule has 5 rings (SSSR count). The Balaban J connectivity index is 1.48. The minimum absolute atomic E-state index is 0.00920. The zero-order valence-corrected chi connectivity index (χ0v) is 19.7. The number of fused-ring (bicyclic) bond motifs is 1. The molecule has 0 saturated carbocycles. The van der Waals surface area contributed by atoms with Gasteiger partial charge in [-0.1, -0.05) is 0 Å². The minimum Gasteiger partial charge on any atom is -0.350 e. The Morgan fingerprint density at radius 3 is 2.60 bits per heavy atom. The number of hydrogen-bond donors (Lipinski definition) is 1. The second-order valence-electron chi connectivity index (χ2n) is 9.75. The van der Waals surface area contributed by atoms with Gasteiger partial charge in [-0.2, -0.15) is 10.4 Å². The number of hydrogen-bond acceptors (Lipinski definition) is 6. The molecule has 1 aromatic carbocycles. The Hall–Kier alpha value is -4.10. The molecule has 4 aromatic rings. The van der Waals surface area contributed by atoms with E-state index >= 15 is 0 Å². The van der Waals surface area contributed by atoms with E-state index in [0.717, 1.165) is 11.3 Å². The van der Waals surface area contributed by atoms with Gasteiger partial charge >= 0.3 is 0 Å². The fourth-order valence-electron chi connectivity index (χ4n) is 4.29. The van der Waals surface area contributed by atoms with Gasteiger partial charge in [0.25, 0.3) is 0 Å². The molecule has 10 heteroatoms. The van der Waals surface area contributed by atoms with E-state index in [-0.39, 0.29) is 23.3 Å². The van der Waals surface area contributed by atoms with Crippen molar-refractivity contribution >= 4 is 11.6 Å². The van der Waals surface area contributed by atoms with E-state index in [1.54, 1.807) is 24.5 Å². The van der Waals surface area contributed by atoms with Crippen molar-refractivity contribution in [3.63, 3.8) is 0 Å². The Kier molecular flexibility index (Phi) is 5.57. The number of carbonyl (C=O) groups excluding carboxylic acids is 1. The zero-order valence-electron chi connectivity index (χ0n) is 19.7. The Labute approximate surface area is 201 Å². The van der Waals surface area contributed by atoms with E-state index in [2.05, 4.69) is 31.4 Å². The molecule has 35 heavy (non-hydrogen) atoms. The Bertz CT molecular complexity index is 1440. The van der Waals surface area contributed by atoms with Gasteiger partial charge < -0.3 is 9.88 Å². The molecule has 0 unspecified atom stereocenters. The number of carbonyl (C=O) groups is 1. The Morgan fingerprint density at radius 2 is 1.91 bits per heavy atom. The maximum absolute atomic E-state index is 13.6. The second-order valence-corrected chi connectivity index (χ2v) is 9.75. The maximum Gasteiger partial charge on any atom is 0.234 e. The molecular weight excluding hydrogens is 447 g/mol. The molecule has 3 aromatic heterocycles. The largest absolute Gasteiger partial charge is 0.350 e. The number of imidazole rings is 2. The molecule has 178 valence electrons. The van der Waals surface area contributed by atoms with Crippen LogP contribution in [0.2, 0.25) is 0 Å². The van der Waals surface area contributed by atoms with Gasteiger partial charge in [0.2, 0.25) is 5.91 Å². The number of aromatic nitrogens is 5. The standard InChI is InChI=1S/C25H25FN8O/c1-25(2,3)30-22(35)14-32-12-19(13-32)33-15-29-23(16-4-6-17(26)7-5-16)24(33)20-8-9-21-28-11-18(10-27)34(21)31-20/h4-9,11,15,19H,12-14H2,1-3H3,(H,30,35). The summed E-state index contributed by atoms with van der Waals surface area (Å²) in [5.41, 5.74) is 3.43.